The van der Waals surface area contributed by atoms with Gasteiger partial charge in [0.15, 0.2) is 0 Å². The SMILES string of the molecule is Cc1nc(C)c(CN2CCOC[C@H](O)C2)s1. The molecule has 1 aromatic heterocycles. The fourth-order valence-corrected chi connectivity index (χ4v) is 2.90. The molecule has 90 valence electrons. The molecule has 2 rings (SSSR count). The van der Waals surface area contributed by atoms with Gasteiger partial charge in [-0.25, -0.2) is 4.98 Å². The van der Waals surface area contributed by atoms with Gasteiger partial charge < -0.3 is 9.84 Å². The highest BCUT2D eigenvalue weighted by Crippen LogP contribution is 2.19. The molecule has 0 saturated carbocycles. The van der Waals surface area contributed by atoms with Gasteiger partial charge in [-0.05, 0) is 13.8 Å². The molecule has 1 aliphatic heterocycles. The van der Waals surface area contributed by atoms with Gasteiger partial charge in [0.25, 0.3) is 0 Å². The first kappa shape index (κ1) is 12.0. The number of aromatic nitrogens is 1. The van der Waals surface area contributed by atoms with Crippen LogP contribution in [0.25, 0.3) is 0 Å². The Morgan fingerprint density at radius 2 is 2.38 bits per heavy atom. The fraction of sp³-hybridized carbons (Fsp3) is 0.727. The van der Waals surface area contributed by atoms with Crippen molar-refractivity contribution < 1.29 is 9.84 Å². The van der Waals surface area contributed by atoms with Gasteiger partial charge in [-0.2, -0.15) is 0 Å². The van der Waals surface area contributed by atoms with Crippen LogP contribution in [0.4, 0.5) is 0 Å². The average Bonchev–Trinajstić information content (AvgIpc) is 2.42. The van der Waals surface area contributed by atoms with Crippen LogP contribution in [0.3, 0.4) is 0 Å². The standard InChI is InChI=1S/C11H18N2O2S/c1-8-11(16-9(2)12-8)6-13-3-4-15-7-10(14)5-13/h10,14H,3-7H2,1-2H3/t10-/m1/s1. The zero-order valence-electron chi connectivity index (χ0n) is 9.77. The molecule has 1 saturated heterocycles. The Bertz CT molecular complexity index is 354. The first-order chi connectivity index (χ1) is 7.65. The molecule has 1 N–H and O–H groups in total. The summed E-state index contributed by atoms with van der Waals surface area (Å²) in [5.41, 5.74) is 1.11. The van der Waals surface area contributed by atoms with Gasteiger partial charge in [0.2, 0.25) is 0 Å². The van der Waals surface area contributed by atoms with E-state index in [2.05, 4.69) is 9.88 Å². The molecule has 0 amide bonds. The van der Waals surface area contributed by atoms with Gasteiger partial charge in [-0.3, -0.25) is 4.90 Å². The average molecular weight is 242 g/mol. The monoisotopic (exact) mass is 242 g/mol. The van der Waals surface area contributed by atoms with Crippen LogP contribution in [0.1, 0.15) is 15.6 Å². The van der Waals surface area contributed by atoms with E-state index >= 15 is 0 Å². The number of nitrogens with zero attached hydrogens (tertiary/aromatic N) is 2. The lowest BCUT2D eigenvalue weighted by molar-refractivity contribution is 0.0562. The third-order valence-electron chi connectivity index (χ3n) is 2.70. The van der Waals surface area contributed by atoms with Crippen molar-refractivity contribution in [2.75, 3.05) is 26.3 Å². The molecule has 0 aliphatic carbocycles. The highest BCUT2D eigenvalue weighted by atomic mass is 32.1. The van der Waals surface area contributed by atoms with Crippen LogP contribution in [0.15, 0.2) is 0 Å². The first-order valence-electron chi connectivity index (χ1n) is 5.56. The lowest BCUT2D eigenvalue weighted by atomic mass is 10.3. The zero-order valence-corrected chi connectivity index (χ0v) is 10.6. The second-order valence-corrected chi connectivity index (χ2v) is 5.49. The summed E-state index contributed by atoms with van der Waals surface area (Å²) in [5.74, 6) is 0. The Labute approximate surface area is 99.9 Å². The van der Waals surface area contributed by atoms with Crippen LogP contribution < -0.4 is 0 Å². The minimum atomic E-state index is -0.364. The van der Waals surface area contributed by atoms with Crippen molar-refractivity contribution in [1.29, 1.82) is 0 Å². The molecule has 1 atom stereocenters. The summed E-state index contributed by atoms with van der Waals surface area (Å²) in [6, 6.07) is 0. The van der Waals surface area contributed by atoms with Crippen molar-refractivity contribution >= 4 is 11.3 Å². The van der Waals surface area contributed by atoms with Crippen LogP contribution >= 0.6 is 11.3 Å². The molecule has 0 spiro atoms. The molecular weight excluding hydrogens is 224 g/mol. The predicted molar refractivity (Wildman–Crippen MR) is 63.7 cm³/mol. The maximum atomic E-state index is 9.63. The number of hydrogen-bond donors (Lipinski definition) is 1. The number of hydrogen-bond acceptors (Lipinski definition) is 5. The number of ether oxygens (including phenoxy) is 1. The molecule has 0 aromatic carbocycles. The minimum absolute atomic E-state index is 0.364. The Morgan fingerprint density at radius 1 is 1.56 bits per heavy atom. The molecule has 4 nitrogen and oxygen atoms in total. The summed E-state index contributed by atoms with van der Waals surface area (Å²) in [6.45, 7) is 7.68. The normalized spacial score (nSPS) is 23.3. The van der Waals surface area contributed by atoms with Crippen molar-refractivity contribution in [2.45, 2.75) is 26.5 Å². The summed E-state index contributed by atoms with van der Waals surface area (Å²) in [5, 5.41) is 10.7. The van der Waals surface area contributed by atoms with Crippen molar-refractivity contribution in [3.8, 4) is 0 Å². The van der Waals surface area contributed by atoms with Crippen molar-refractivity contribution in [1.82, 2.24) is 9.88 Å². The topological polar surface area (TPSA) is 45.6 Å². The number of rotatable bonds is 2. The van der Waals surface area contributed by atoms with Crippen molar-refractivity contribution in [3.05, 3.63) is 15.6 Å². The smallest absolute Gasteiger partial charge is 0.0900 e. The van der Waals surface area contributed by atoms with E-state index in [1.54, 1.807) is 11.3 Å². The number of β-amino-alcohol motifs (C(OH)–C–C–N with tert-alkyl or cyclic N) is 1. The number of thiazole rings is 1. The number of aryl methyl sites for hydroxylation is 2. The van der Waals surface area contributed by atoms with Crippen LogP contribution in [-0.4, -0.2) is 47.4 Å². The Balaban J connectivity index is 2.00. The molecule has 2 heterocycles. The molecule has 1 aromatic rings. The van der Waals surface area contributed by atoms with E-state index < -0.39 is 0 Å². The van der Waals surface area contributed by atoms with E-state index in [4.69, 9.17) is 4.74 Å². The van der Waals surface area contributed by atoms with Gasteiger partial charge >= 0.3 is 0 Å². The number of aliphatic hydroxyl groups is 1. The van der Waals surface area contributed by atoms with E-state index in [9.17, 15) is 5.11 Å². The van der Waals surface area contributed by atoms with Gasteiger partial charge in [0, 0.05) is 24.5 Å². The third-order valence-corrected chi connectivity index (χ3v) is 3.76. The maximum Gasteiger partial charge on any atom is 0.0900 e. The van der Waals surface area contributed by atoms with Gasteiger partial charge in [-0.1, -0.05) is 0 Å². The summed E-state index contributed by atoms with van der Waals surface area (Å²) in [4.78, 5) is 7.95. The highest BCUT2D eigenvalue weighted by Gasteiger charge is 2.18. The Kier molecular flexibility index (Phi) is 3.91. The van der Waals surface area contributed by atoms with E-state index in [1.807, 2.05) is 13.8 Å². The third kappa shape index (κ3) is 3.01. The maximum absolute atomic E-state index is 9.63. The van der Waals surface area contributed by atoms with Crippen LogP contribution in [0.2, 0.25) is 0 Å². The Hall–Kier alpha value is -0.490. The zero-order chi connectivity index (χ0) is 11.5. The summed E-state index contributed by atoms with van der Waals surface area (Å²) < 4.78 is 5.31. The lowest BCUT2D eigenvalue weighted by Crippen LogP contribution is -2.32. The van der Waals surface area contributed by atoms with E-state index in [0.717, 1.165) is 23.8 Å². The first-order valence-corrected chi connectivity index (χ1v) is 6.38. The molecule has 0 bridgehead atoms. The minimum Gasteiger partial charge on any atom is -0.389 e. The second kappa shape index (κ2) is 5.23. The molecule has 1 aliphatic rings. The fourth-order valence-electron chi connectivity index (χ4n) is 1.92. The van der Waals surface area contributed by atoms with Crippen molar-refractivity contribution in [2.24, 2.45) is 0 Å². The van der Waals surface area contributed by atoms with Crippen molar-refractivity contribution in [3.63, 3.8) is 0 Å². The molecule has 1 fully saturated rings. The summed E-state index contributed by atoms with van der Waals surface area (Å²) in [7, 11) is 0. The van der Waals surface area contributed by atoms with E-state index in [1.165, 1.54) is 4.88 Å². The van der Waals surface area contributed by atoms with E-state index in [-0.39, 0.29) is 6.10 Å². The van der Waals surface area contributed by atoms with E-state index in [0.29, 0.717) is 19.8 Å². The second-order valence-electron chi connectivity index (χ2n) is 4.21. The quantitative estimate of drug-likeness (QED) is 0.839. The Morgan fingerprint density at radius 3 is 3.06 bits per heavy atom. The summed E-state index contributed by atoms with van der Waals surface area (Å²) >= 11 is 1.74. The predicted octanol–water partition coefficient (Wildman–Crippen LogP) is 0.953. The lowest BCUT2D eigenvalue weighted by Gasteiger charge is -2.20. The van der Waals surface area contributed by atoms with Crippen LogP contribution in [-0.2, 0) is 11.3 Å². The largest absolute Gasteiger partial charge is 0.389 e. The molecule has 0 radical (unpaired) electrons. The van der Waals surface area contributed by atoms with Gasteiger partial charge in [-0.15, -0.1) is 11.3 Å². The summed E-state index contributed by atoms with van der Waals surface area (Å²) in [6.07, 6.45) is -0.364. The van der Waals surface area contributed by atoms with Gasteiger partial charge in [0.1, 0.15) is 0 Å². The van der Waals surface area contributed by atoms with Gasteiger partial charge in [0.05, 0.1) is 30.0 Å². The van der Waals surface area contributed by atoms with Crippen LogP contribution in [0, 0.1) is 13.8 Å². The molecular formula is C11H18N2O2S. The van der Waals surface area contributed by atoms with Crippen LogP contribution in [0.5, 0.6) is 0 Å². The molecule has 5 heteroatoms. The molecule has 16 heavy (non-hydrogen) atoms. The molecule has 0 unspecified atom stereocenters. The highest BCUT2D eigenvalue weighted by molar-refractivity contribution is 7.11. The number of aliphatic hydroxyl groups excluding tert-OH is 1.